The number of hydrogen-bond donors (Lipinski definition) is 0. The van der Waals surface area contributed by atoms with E-state index in [1.54, 1.807) is 0 Å². The Labute approximate surface area is 84.3 Å². The molecule has 0 saturated carbocycles. The molecule has 5 nitrogen and oxygen atoms in total. The first kappa shape index (κ1) is 9.14. The van der Waals surface area contributed by atoms with E-state index < -0.39 is 0 Å². The van der Waals surface area contributed by atoms with Gasteiger partial charge in [-0.15, -0.1) is 11.3 Å². The third kappa shape index (κ3) is 1.48. The van der Waals surface area contributed by atoms with Crippen LogP contribution in [0.15, 0.2) is 5.16 Å². The molecule has 6 heteroatoms. The van der Waals surface area contributed by atoms with Crippen LogP contribution in [0.5, 0.6) is 5.88 Å². The summed E-state index contributed by atoms with van der Waals surface area (Å²) in [4.78, 5) is 20.3. The number of carbonyl (C=O) groups is 1. The molecule has 0 amide bonds. The molecule has 0 saturated heterocycles. The maximum atomic E-state index is 10.8. The van der Waals surface area contributed by atoms with Gasteiger partial charge in [-0.25, -0.2) is 9.78 Å². The maximum absolute atomic E-state index is 10.8. The lowest BCUT2D eigenvalue weighted by Crippen LogP contribution is -2.00. The largest absolute Gasteiger partial charge is 0.480 e. The highest BCUT2D eigenvalue weighted by atomic mass is 32.1. The fourth-order valence-electron chi connectivity index (χ4n) is 1.16. The van der Waals surface area contributed by atoms with Gasteiger partial charge in [0.25, 0.3) is 0 Å². The van der Waals surface area contributed by atoms with E-state index in [2.05, 4.69) is 15.0 Å². The lowest BCUT2D eigenvalue weighted by molar-refractivity contribution is -0.140. The molecule has 0 radical (unpaired) electrons. The number of ether oxygens (including phenoxy) is 1. The average Bonchev–Trinajstić information content (AvgIpc) is 2.71. The van der Waals surface area contributed by atoms with Crippen LogP contribution < -0.4 is 4.74 Å². The van der Waals surface area contributed by atoms with Crippen molar-refractivity contribution in [1.29, 1.82) is 0 Å². The predicted molar refractivity (Wildman–Crippen MR) is 50.6 cm³/mol. The third-order valence-electron chi connectivity index (χ3n) is 1.73. The molecule has 0 aromatic carbocycles. The summed E-state index contributed by atoms with van der Waals surface area (Å²) in [6, 6.07) is 0. The maximum Gasteiger partial charge on any atom is 0.341 e. The molecule has 74 valence electrons. The van der Waals surface area contributed by atoms with E-state index in [-0.39, 0.29) is 12.4 Å². The van der Waals surface area contributed by atoms with Gasteiger partial charge in [0, 0.05) is 0 Å². The Morgan fingerprint density at radius 2 is 2.36 bits per heavy atom. The van der Waals surface area contributed by atoms with Crippen molar-refractivity contribution >= 4 is 23.0 Å². The minimum Gasteiger partial charge on any atom is -0.480 e. The van der Waals surface area contributed by atoms with E-state index in [9.17, 15) is 4.79 Å². The first-order chi connectivity index (χ1) is 6.70. The quantitative estimate of drug-likeness (QED) is 0.689. The number of aryl methyl sites for hydroxylation is 1. The van der Waals surface area contributed by atoms with Crippen LogP contribution in [-0.4, -0.2) is 23.8 Å². The molecular formula is C8H8N2O3S. The molecule has 0 aliphatic carbocycles. The summed E-state index contributed by atoms with van der Waals surface area (Å²) in [6.07, 6.45) is 0.192. The monoisotopic (exact) mass is 212 g/mol. The van der Waals surface area contributed by atoms with Gasteiger partial charge < -0.3 is 9.57 Å². The van der Waals surface area contributed by atoms with Gasteiger partial charge in [0.2, 0.25) is 5.88 Å². The number of hydrogen-bond acceptors (Lipinski definition) is 6. The molecule has 0 spiro atoms. The average molecular weight is 212 g/mol. The Balaban J connectivity index is 2.36. The van der Waals surface area contributed by atoms with Gasteiger partial charge in [0.05, 0.1) is 18.5 Å². The van der Waals surface area contributed by atoms with Crippen molar-refractivity contribution < 1.29 is 14.4 Å². The smallest absolute Gasteiger partial charge is 0.341 e. The minimum atomic E-state index is -0.340. The molecule has 1 aromatic heterocycles. The van der Waals surface area contributed by atoms with Crippen molar-refractivity contribution in [2.75, 3.05) is 7.11 Å². The number of nitrogens with zero attached hydrogens (tertiary/aromatic N) is 2. The van der Waals surface area contributed by atoms with E-state index in [1.807, 2.05) is 6.92 Å². The Kier molecular flexibility index (Phi) is 2.20. The Morgan fingerprint density at radius 1 is 1.57 bits per heavy atom. The molecule has 1 aliphatic heterocycles. The van der Waals surface area contributed by atoms with Crippen molar-refractivity contribution in [3.63, 3.8) is 0 Å². The van der Waals surface area contributed by atoms with Crippen molar-refractivity contribution in [2.24, 2.45) is 5.16 Å². The molecule has 2 heterocycles. The van der Waals surface area contributed by atoms with Gasteiger partial charge >= 0.3 is 5.97 Å². The van der Waals surface area contributed by atoms with Gasteiger partial charge in [-0.1, -0.05) is 5.16 Å². The van der Waals surface area contributed by atoms with Gasteiger partial charge in [0.15, 0.2) is 0 Å². The van der Waals surface area contributed by atoms with Crippen LogP contribution >= 0.6 is 11.3 Å². The number of carbonyl (C=O) groups excluding carboxylic acids is 1. The van der Waals surface area contributed by atoms with Crippen LogP contribution in [-0.2, 0) is 9.63 Å². The van der Waals surface area contributed by atoms with Crippen molar-refractivity contribution in [3.05, 3.63) is 9.88 Å². The van der Waals surface area contributed by atoms with Crippen molar-refractivity contribution in [1.82, 2.24) is 4.98 Å². The Morgan fingerprint density at radius 3 is 2.93 bits per heavy atom. The fourth-order valence-corrected chi connectivity index (χ4v) is 2.03. The molecule has 0 fully saturated rings. The summed E-state index contributed by atoms with van der Waals surface area (Å²) >= 11 is 1.44. The number of aromatic nitrogens is 1. The van der Waals surface area contributed by atoms with Crippen LogP contribution in [0.3, 0.4) is 0 Å². The zero-order chi connectivity index (χ0) is 10.1. The summed E-state index contributed by atoms with van der Waals surface area (Å²) in [5.74, 6) is 0.164. The zero-order valence-electron chi connectivity index (χ0n) is 7.73. The zero-order valence-corrected chi connectivity index (χ0v) is 8.55. The Hall–Kier alpha value is -1.43. The number of methoxy groups -OCH3 is 1. The topological polar surface area (TPSA) is 60.8 Å². The molecule has 0 atom stereocenters. The molecule has 1 aromatic rings. The van der Waals surface area contributed by atoms with E-state index in [1.165, 1.54) is 18.4 Å². The number of rotatable bonds is 2. The second kappa shape index (κ2) is 3.38. The lowest BCUT2D eigenvalue weighted by Gasteiger charge is -1.95. The molecule has 14 heavy (non-hydrogen) atoms. The Bertz CT molecular complexity index is 411. The predicted octanol–water partition coefficient (Wildman–Crippen LogP) is 1.11. The SMILES string of the molecule is COc1nc(C)sc1C1=NOC(=O)C1. The van der Waals surface area contributed by atoms with E-state index >= 15 is 0 Å². The van der Waals surface area contributed by atoms with Crippen LogP contribution in [0.1, 0.15) is 16.3 Å². The van der Waals surface area contributed by atoms with E-state index in [0.29, 0.717) is 11.6 Å². The summed E-state index contributed by atoms with van der Waals surface area (Å²) in [6.45, 7) is 1.87. The van der Waals surface area contributed by atoms with Gasteiger partial charge in [-0.3, -0.25) is 0 Å². The van der Waals surface area contributed by atoms with E-state index in [0.717, 1.165) is 9.88 Å². The van der Waals surface area contributed by atoms with Gasteiger partial charge in [-0.05, 0) is 6.92 Å². The second-order valence-corrected chi connectivity index (χ2v) is 3.95. The molecule has 1 aliphatic rings. The highest BCUT2D eigenvalue weighted by Crippen LogP contribution is 2.28. The van der Waals surface area contributed by atoms with Gasteiger partial charge in [0.1, 0.15) is 10.6 Å². The molecule has 2 rings (SSSR count). The highest BCUT2D eigenvalue weighted by Gasteiger charge is 2.24. The van der Waals surface area contributed by atoms with Crippen LogP contribution in [0.2, 0.25) is 0 Å². The third-order valence-corrected chi connectivity index (χ3v) is 2.73. The van der Waals surface area contributed by atoms with Gasteiger partial charge in [-0.2, -0.15) is 0 Å². The second-order valence-electron chi connectivity index (χ2n) is 2.75. The normalized spacial score (nSPS) is 15.3. The van der Waals surface area contributed by atoms with Crippen LogP contribution in [0.4, 0.5) is 0 Å². The minimum absolute atomic E-state index is 0.192. The van der Waals surface area contributed by atoms with Crippen LogP contribution in [0.25, 0.3) is 0 Å². The molecule has 0 N–H and O–H groups in total. The summed E-state index contributed by atoms with van der Waals surface area (Å²) in [5, 5.41) is 4.54. The molecule has 0 bridgehead atoms. The molecule has 0 unspecified atom stereocenters. The first-order valence-electron chi connectivity index (χ1n) is 3.99. The van der Waals surface area contributed by atoms with Crippen molar-refractivity contribution in [2.45, 2.75) is 13.3 Å². The standard InChI is InChI=1S/C8H8N2O3S/c1-4-9-8(12-2)7(14-4)5-3-6(11)13-10-5/h3H2,1-2H3. The fraction of sp³-hybridized carbons (Fsp3) is 0.375. The summed E-state index contributed by atoms with van der Waals surface area (Å²) < 4.78 is 5.07. The first-order valence-corrected chi connectivity index (χ1v) is 4.81. The number of thiazole rings is 1. The van der Waals surface area contributed by atoms with Crippen molar-refractivity contribution in [3.8, 4) is 5.88 Å². The van der Waals surface area contributed by atoms with Crippen LogP contribution in [0, 0.1) is 6.92 Å². The highest BCUT2D eigenvalue weighted by molar-refractivity contribution is 7.14. The summed E-state index contributed by atoms with van der Waals surface area (Å²) in [5.41, 5.74) is 0.595. The summed E-state index contributed by atoms with van der Waals surface area (Å²) in [7, 11) is 1.54. The molecular weight excluding hydrogens is 204 g/mol. The van der Waals surface area contributed by atoms with E-state index in [4.69, 9.17) is 4.74 Å². The lowest BCUT2D eigenvalue weighted by atomic mass is 10.2. The number of oxime groups is 1.